The van der Waals surface area contributed by atoms with E-state index < -0.39 is 23.8 Å². The Kier molecular flexibility index (Phi) is 19.2. The Bertz CT molecular complexity index is 2600. The third kappa shape index (κ3) is 12.4. The summed E-state index contributed by atoms with van der Waals surface area (Å²) < 4.78 is 27.9. The average Bonchev–Trinajstić information content (AvgIpc) is 3.40. The van der Waals surface area contributed by atoms with Gasteiger partial charge >= 0.3 is 6.09 Å². The molecule has 1 fully saturated rings. The molecule has 5 aromatic carbocycles. The monoisotopic (exact) mass is 979 g/mol. The second kappa shape index (κ2) is 26.3. The van der Waals surface area contributed by atoms with Gasteiger partial charge in [-0.3, -0.25) is 4.90 Å². The summed E-state index contributed by atoms with van der Waals surface area (Å²) >= 11 is 0. The van der Waals surface area contributed by atoms with Crippen LogP contribution in [0, 0.1) is 17.8 Å². The first-order chi connectivity index (χ1) is 35.4. The Morgan fingerprint density at radius 2 is 1.46 bits per heavy atom. The molecule has 1 amide bonds. The number of carbonyl (C=O) groups is 1. The molecule has 1 saturated carbocycles. The third-order valence-corrected chi connectivity index (χ3v) is 15.4. The van der Waals surface area contributed by atoms with Crippen molar-refractivity contribution in [2.24, 2.45) is 22.9 Å². The summed E-state index contributed by atoms with van der Waals surface area (Å²) in [6, 6.07) is 34.3. The molecule has 6 atom stereocenters. The summed E-state index contributed by atoms with van der Waals surface area (Å²) in [5.74, 6) is 0.122. The van der Waals surface area contributed by atoms with E-state index in [9.17, 15) is 10.2 Å². The normalized spacial score (nSPS) is 21.6. The zero-order chi connectivity index (χ0) is 50.1. The topological polar surface area (TPSA) is 119 Å². The van der Waals surface area contributed by atoms with Crippen molar-refractivity contribution in [3.8, 4) is 17.2 Å². The lowest BCUT2D eigenvalue weighted by atomic mass is 9.55. The fourth-order valence-corrected chi connectivity index (χ4v) is 11.9. The van der Waals surface area contributed by atoms with Crippen molar-refractivity contribution >= 4 is 33.3 Å². The van der Waals surface area contributed by atoms with E-state index in [0.717, 1.165) is 94.7 Å². The molecule has 384 valence electrons. The first-order valence-corrected chi connectivity index (χ1v) is 27.1. The fraction of sp³-hybridized carbons (Fsp3) is 0.484. The summed E-state index contributed by atoms with van der Waals surface area (Å²) in [4.78, 5) is 22.8. The zero-order valence-electron chi connectivity index (χ0n) is 42.9. The van der Waals surface area contributed by atoms with E-state index in [1.54, 1.807) is 13.2 Å². The average molecular weight is 979 g/mol. The number of carbonyl (C=O) groups excluding carboxylic acids is 1. The molecule has 72 heavy (non-hydrogen) atoms. The van der Waals surface area contributed by atoms with Crippen LogP contribution in [0.3, 0.4) is 0 Å². The number of unbranched alkanes of at least 4 members (excludes halogenated alkanes) is 11. The maximum absolute atomic E-state index is 15.3. The maximum atomic E-state index is 15.3. The number of aliphatic hydroxyl groups excluding tert-OH is 2. The number of rotatable bonds is 28. The lowest BCUT2D eigenvalue weighted by Gasteiger charge is -2.59. The van der Waals surface area contributed by atoms with Gasteiger partial charge in [0.15, 0.2) is 0 Å². The minimum absolute atomic E-state index is 0.0617. The molecule has 1 aliphatic heterocycles. The highest BCUT2D eigenvalue weighted by Gasteiger charge is 2.65. The van der Waals surface area contributed by atoms with Crippen molar-refractivity contribution in [3.05, 3.63) is 139 Å². The number of nitrogens with zero attached hydrogens (tertiary/aromatic N) is 2. The molecule has 5 aromatic rings. The molecule has 3 aliphatic rings. The Morgan fingerprint density at radius 1 is 0.778 bits per heavy atom. The van der Waals surface area contributed by atoms with Gasteiger partial charge in [-0.05, 0) is 107 Å². The van der Waals surface area contributed by atoms with Gasteiger partial charge in [-0.1, -0.05) is 168 Å². The van der Waals surface area contributed by atoms with Crippen LogP contribution in [0.1, 0.15) is 133 Å². The van der Waals surface area contributed by atoms with Gasteiger partial charge in [-0.25, -0.2) is 4.79 Å². The van der Waals surface area contributed by atoms with E-state index >= 15 is 4.79 Å². The number of aliphatic hydroxyl groups is 2. The number of oxime groups is 1. The smallest absolute Gasteiger partial charge is 0.410 e. The van der Waals surface area contributed by atoms with Crippen LogP contribution >= 0.6 is 0 Å². The van der Waals surface area contributed by atoms with E-state index in [1.807, 2.05) is 53.4 Å². The van der Waals surface area contributed by atoms with Crippen LogP contribution in [0.5, 0.6) is 17.2 Å². The summed E-state index contributed by atoms with van der Waals surface area (Å²) in [6.07, 6.45) is 20.4. The van der Waals surface area contributed by atoms with E-state index in [4.69, 9.17) is 28.9 Å². The van der Waals surface area contributed by atoms with E-state index in [-0.39, 0.29) is 50.5 Å². The van der Waals surface area contributed by atoms with Gasteiger partial charge in [0, 0.05) is 31.1 Å². The largest absolute Gasteiger partial charge is 0.459 e. The second-order valence-electron chi connectivity index (χ2n) is 20.1. The lowest BCUT2D eigenvalue weighted by Crippen LogP contribution is -2.70. The third-order valence-electron chi connectivity index (χ3n) is 15.4. The molecule has 1 heterocycles. The van der Waals surface area contributed by atoms with Gasteiger partial charge in [-0.2, -0.15) is 0 Å². The Morgan fingerprint density at radius 3 is 2.21 bits per heavy atom. The van der Waals surface area contributed by atoms with Crippen molar-refractivity contribution in [1.82, 2.24) is 4.90 Å². The van der Waals surface area contributed by atoms with Gasteiger partial charge in [0.25, 0.3) is 0 Å². The Balaban J connectivity index is 1.22. The SMILES string of the molecule is C=CCO[C@@]12Oc3ccc(Oc4ccc5ccccc5c4)cc3[C@H]3[C@H](CCCCO)[C@@H](CCCCO)C=C(C(=NOC)C[C@@H]1N(Cc1cccc4ccccc14)C(=O)OCCCCCCCCCCCC)[C@H]32. The van der Waals surface area contributed by atoms with Crippen LogP contribution in [0.2, 0.25) is 0 Å². The first kappa shape index (κ1) is 52.6. The molecular formula is C62H78N2O8. The summed E-state index contributed by atoms with van der Waals surface area (Å²) in [7, 11) is 1.58. The lowest BCUT2D eigenvalue weighted by molar-refractivity contribution is -0.256. The minimum atomic E-state index is -1.43. The standard InChI is InChI=1S/C62H78N2O8/c1-4-6-7-8-9-10-11-12-13-22-39-69-61(67)64(44-49-29-23-28-46-25-16-17-30-52(46)49)58-43-56(63-68-3)54-41-48(27-18-20-36-65)53(31-19-21-37-66)59-55-42-51(71-50-33-32-45-24-14-15-26-47(45)40-50)34-35-57(55)72-62(58,60(54)59)70-38-5-2/h5,14-17,23-26,28-30,32-35,40-42,48,53,58-60,65-66H,2,4,6-13,18-22,27,31,36-39,43-44H2,1,3H3/t48-,53+,58-,59+,60+,62+/m0/s1. The van der Waals surface area contributed by atoms with Crippen molar-refractivity contribution < 1.29 is 38.8 Å². The van der Waals surface area contributed by atoms with Gasteiger partial charge in [0.05, 0.1) is 31.4 Å². The van der Waals surface area contributed by atoms with E-state index in [0.29, 0.717) is 30.9 Å². The van der Waals surface area contributed by atoms with Gasteiger partial charge in [0.2, 0.25) is 5.79 Å². The van der Waals surface area contributed by atoms with Crippen LogP contribution in [0.25, 0.3) is 21.5 Å². The molecule has 0 spiro atoms. The summed E-state index contributed by atoms with van der Waals surface area (Å²) in [6.45, 7) is 7.30. The predicted octanol–water partition coefficient (Wildman–Crippen LogP) is 14.6. The van der Waals surface area contributed by atoms with Gasteiger partial charge < -0.3 is 34.0 Å². The van der Waals surface area contributed by atoms with Crippen molar-refractivity contribution in [3.63, 3.8) is 0 Å². The quantitative estimate of drug-likeness (QED) is 0.0289. The molecule has 2 aliphatic carbocycles. The maximum Gasteiger partial charge on any atom is 0.410 e. The Labute approximate surface area is 428 Å². The first-order valence-electron chi connectivity index (χ1n) is 27.1. The minimum Gasteiger partial charge on any atom is -0.459 e. The highest BCUT2D eigenvalue weighted by Crippen LogP contribution is 2.62. The molecule has 0 unspecified atom stereocenters. The molecule has 2 N–H and O–H groups in total. The number of ether oxygens (including phenoxy) is 4. The highest BCUT2D eigenvalue weighted by atomic mass is 16.7. The Hall–Kier alpha value is -5.68. The second-order valence-corrected chi connectivity index (χ2v) is 20.1. The van der Waals surface area contributed by atoms with Crippen LogP contribution < -0.4 is 9.47 Å². The molecule has 0 saturated heterocycles. The fourth-order valence-electron chi connectivity index (χ4n) is 11.9. The molecular weight excluding hydrogens is 901 g/mol. The number of benzene rings is 5. The molecule has 10 nitrogen and oxygen atoms in total. The zero-order valence-corrected chi connectivity index (χ0v) is 42.9. The van der Waals surface area contributed by atoms with Crippen LogP contribution in [0.4, 0.5) is 4.79 Å². The molecule has 0 aromatic heterocycles. The molecule has 10 heteroatoms. The van der Waals surface area contributed by atoms with Crippen LogP contribution in [0.15, 0.2) is 133 Å². The predicted molar refractivity (Wildman–Crippen MR) is 289 cm³/mol. The van der Waals surface area contributed by atoms with Crippen molar-refractivity contribution in [2.75, 3.05) is 33.5 Å². The van der Waals surface area contributed by atoms with Crippen LogP contribution in [-0.2, 0) is 20.9 Å². The number of hydrogen-bond donors (Lipinski definition) is 2. The number of hydrogen-bond acceptors (Lipinski definition) is 9. The van der Waals surface area contributed by atoms with Gasteiger partial charge in [0.1, 0.15) is 30.4 Å². The number of allylic oxidation sites excluding steroid dienone is 1. The summed E-state index contributed by atoms with van der Waals surface area (Å²) in [5, 5.41) is 29.3. The van der Waals surface area contributed by atoms with Crippen LogP contribution in [-0.4, -0.2) is 72.3 Å². The molecule has 0 radical (unpaired) electrons. The van der Waals surface area contributed by atoms with E-state index in [2.05, 4.69) is 74.2 Å². The molecule has 8 rings (SSSR count). The van der Waals surface area contributed by atoms with Crippen molar-refractivity contribution in [1.29, 1.82) is 0 Å². The number of fused-ring (bicyclic) bond motifs is 4. The highest BCUT2D eigenvalue weighted by molar-refractivity contribution is 6.03. The van der Waals surface area contributed by atoms with Crippen molar-refractivity contribution in [2.45, 2.75) is 140 Å². The van der Waals surface area contributed by atoms with Gasteiger partial charge in [-0.15, -0.1) is 6.58 Å². The molecule has 0 bridgehead atoms. The van der Waals surface area contributed by atoms with E-state index in [1.165, 1.54) is 44.9 Å². The summed E-state index contributed by atoms with van der Waals surface area (Å²) in [5.41, 5.74) is 3.68. The number of amides is 1.